The maximum atomic E-state index is 12.9. The van der Waals surface area contributed by atoms with E-state index in [9.17, 15) is 9.59 Å². The summed E-state index contributed by atoms with van der Waals surface area (Å²) in [5, 5.41) is 9.94. The minimum Gasteiger partial charge on any atom is -0.352 e. The maximum Gasteiger partial charge on any atom is 0.269 e. The van der Waals surface area contributed by atoms with E-state index in [-0.39, 0.29) is 18.1 Å². The molecule has 4 rings (SSSR count). The Morgan fingerprint density at radius 3 is 2.97 bits per heavy atom. The van der Waals surface area contributed by atoms with Crippen LogP contribution in [-0.4, -0.2) is 35.4 Å². The van der Waals surface area contributed by atoms with Gasteiger partial charge in [0.25, 0.3) is 5.91 Å². The summed E-state index contributed by atoms with van der Waals surface area (Å²) in [7, 11) is 0. The number of halogens is 1. The van der Waals surface area contributed by atoms with E-state index in [0.717, 1.165) is 34.8 Å². The van der Waals surface area contributed by atoms with Crippen LogP contribution in [0.15, 0.2) is 40.8 Å². The number of nitrogens with one attached hydrogen (secondary N) is 2. The lowest BCUT2D eigenvalue weighted by molar-refractivity contribution is -0.121. The molecule has 1 unspecified atom stereocenters. The smallest absolute Gasteiger partial charge is 0.269 e. The Morgan fingerprint density at radius 2 is 2.17 bits per heavy atom. The molecule has 0 radical (unpaired) electrons. The number of anilines is 1. The average Bonchev–Trinajstić information content (AvgIpc) is 3.39. The van der Waals surface area contributed by atoms with Crippen LogP contribution in [0.2, 0.25) is 5.02 Å². The highest BCUT2D eigenvalue weighted by Gasteiger charge is 2.43. The lowest BCUT2D eigenvalue weighted by Gasteiger charge is -2.39. The topological polar surface area (TPSA) is 77.0 Å². The second-order valence-corrected chi connectivity index (χ2v) is 8.58. The summed E-state index contributed by atoms with van der Waals surface area (Å²) in [5.74, 6) is 0.736. The number of nitrogens with zero attached hydrogens (tertiary/aromatic N) is 3. The van der Waals surface area contributed by atoms with Gasteiger partial charge in [-0.2, -0.15) is 5.10 Å². The molecule has 2 aliphatic heterocycles. The van der Waals surface area contributed by atoms with E-state index in [4.69, 9.17) is 11.6 Å². The third kappa shape index (κ3) is 4.02. The summed E-state index contributed by atoms with van der Waals surface area (Å²) < 4.78 is 0. The average molecular weight is 446 g/mol. The van der Waals surface area contributed by atoms with Crippen LogP contribution in [0, 0.1) is 0 Å². The van der Waals surface area contributed by atoms with E-state index in [1.54, 1.807) is 0 Å². The maximum absolute atomic E-state index is 12.9. The van der Waals surface area contributed by atoms with Gasteiger partial charge < -0.3 is 5.32 Å². The number of rotatable bonds is 8. The predicted molar refractivity (Wildman–Crippen MR) is 120 cm³/mol. The molecule has 0 fully saturated rings. The zero-order chi connectivity index (χ0) is 21.1. The fourth-order valence-corrected chi connectivity index (χ4v) is 4.68. The van der Waals surface area contributed by atoms with Crippen molar-refractivity contribution in [1.29, 1.82) is 0 Å². The van der Waals surface area contributed by atoms with E-state index in [2.05, 4.69) is 22.8 Å². The fourth-order valence-electron chi connectivity index (χ4n) is 3.64. The molecule has 0 bridgehead atoms. The second kappa shape index (κ2) is 9.06. The first-order valence-electron chi connectivity index (χ1n) is 10.1. The zero-order valence-corrected chi connectivity index (χ0v) is 18.3. The molecule has 7 nitrogen and oxygen atoms in total. The minimum absolute atomic E-state index is 0.0381. The van der Waals surface area contributed by atoms with Gasteiger partial charge in [0, 0.05) is 31.0 Å². The van der Waals surface area contributed by atoms with Gasteiger partial charge in [0.1, 0.15) is 10.7 Å². The molecule has 0 spiro atoms. The van der Waals surface area contributed by atoms with Crippen molar-refractivity contribution >= 4 is 46.3 Å². The van der Waals surface area contributed by atoms with Crippen molar-refractivity contribution in [1.82, 2.24) is 15.6 Å². The molecular weight excluding hydrogens is 422 g/mol. The lowest BCUT2D eigenvalue weighted by Crippen LogP contribution is -2.58. The van der Waals surface area contributed by atoms with Gasteiger partial charge >= 0.3 is 0 Å². The summed E-state index contributed by atoms with van der Waals surface area (Å²) in [6, 6.07) is 9.41. The standard InChI is InChI=1S/C21H24ClN5O2S/c1-2-3-11-26-20(29)19-16(10-12-30-19)27-17(24-25-21(26)27)8-9-18(28)23-13-14-6-4-5-7-15(14)22/h4-7,10,12,21,25H,2-3,8-9,11,13H2,1H3,(H,23,28). The number of carbonyl (C=O) groups is 2. The highest BCUT2D eigenvalue weighted by Crippen LogP contribution is 2.36. The molecule has 0 saturated carbocycles. The number of carbonyl (C=O) groups excluding carboxylic acids is 2. The van der Waals surface area contributed by atoms with Crippen molar-refractivity contribution in [2.45, 2.75) is 45.4 Å². The molecule has 0 aliphatic carbocycles. The predicted octanol–water partition coefficient (Wildman–Crippen LogP) is 3.76. The van der Waals surface area contributed by atoms with Crippen molar-refractivity contribution < 1.29 is 9.59 Å². The molecule has 2 N–H and O–H groups in total. The zero-order valence-electron chi connectivity index (χ0n) is 16.7. The van der Waals surface area contributed by atoms with E-state index >= 15 is 0 Å². The molecular formula is C21H24ClN5O2S. The van der Waals surface area contributed by atoms with Gasteiger partial charge in [0.05, 0.1) is 5.69 Å². The van der Waals surface area contributed by atoms with Crippen LogP contribution in [0.25, 0.3) is 0 Å². The number of amides is 2. The van der Waals surface area contributed by atoms with Gasteiger partial charge in [0.2, 0.25) is 12.2 Å². The normalized spacial score (nSPS) is 17.3. The molecule has 1 atom stereocenters. The highest BCUT2D eigenvalue weighted by atomic mass is 35.5. The van der Waals surface area contributed by atoms with Crippen molar-refractivity contribution in [3.8, 4) is 0 Å². The quantitative estimate of drug-likeness (QED) is 0.648. The summed E-state index contributed by atoms with van der Waals surface area (Å²) in [6.07, 6.45) is 2.39. The first-order valence-corrected chi connectivity index (χ1v) is 11.4. The fraction of sp³-hybridized carbons (Fsp3) is 0.381. The van der Waals surface area contributed by atoms with Crippen LogP contribution in [0.3, 0.4) is 0 Å². The third-order valence-electron chi connectivity index (χ3n) is 5.25. The van der Waals surface area contributed by atoms with Crippen molar-refractivity contribution in [3.63, 3.8) is 0 Å². The van der Waals surface area contributed by atoms with Crippen LogP contribution in [0.4, 0.5) is 5.69 Å². The monoisotopic (exact) mass is 445 g/mol. The second-order valence-electron chi connectivity index (χ2n) is 7.26. The number of amidine groups is 1. The van der Waals surface area contributed by atoms with Gasteiger partial charge in [-0.05, 0) is 29.5 Å². The molecule has 2 aromatic rings. The van der Waals surface area contributed by atoms with Crippen LogP contribution in [-0.2, 0) is 11.3 Å². The number of thiophene rings is 1. The van der Waals surface area contributed by atoms with E-state index in [1.807, 2.05) is 45.5 Å². The van der Waals surface area contributed by atoms with Gasteiger partial charge in [-0.1, -0.05) is 43.1 Å². The largest absolute Gasteiger partial charge is 0.352 e. The Hall–Kier alpha value is -2.58. The molecule has 1 aromatic heterocycles. The van der Waals surface area contributed by atoms with E-state index in [0.29, 0.717) is 31.0 Å². The van der Waals surface area contributed by atoms with Crippen LogP contribution in [0.5, 0.6) is 0 Å². The molecule has 3 heterocycles. The Balaban J connectivity index is 1.40. The molecule has 30 heavy (non-hydrogen) atoms. The molecule has 2 amide bonds. The number of fused-ring (bicyclic) bond motifs is 3. The Morgan fingerprint density at radius 1 is 1.33 bits per heavy atom. The van der Waals surface area contributed by atoms with Gasteiger partial charge in [-0.15, -0.1) is 11.3 Å². The van der Waals surface area contributed by atoms with Gasteiger partial charge in [-0.3, -0.25) is 24.8 Å². The van der Waals surface area contributed by atoms with Crippen LogP contribution >= 0.6 is 22.9 Å². The van der Waals surface area contributed by atoms with Crippen LogP contribution in [0.1, 0.15) is 47.8 Å². The molecule has 158 valence electrons. The van der Waals surface area contributed by atoms with Crippen molar-refractivity contribution in [2.24, 2.45) is 5.10 Å². The number of hydrogen-bond acceptors (Lipinski definition) is 6. The molecule has 9 heteroatoms. The van der Waals surface area contributed by atoms with Crippen LogP contribution < -0.4 is 15.6 Å². The SMILES string of the molecule is CCCCN1C(=O)c2sccc2N2C(CCC(=O)NCc3ccccc3Cl)=NNC12. The number of unbranched alkanes of at least 4 members (excludes halogenated alkanes) is 1. The lowest BCUT2D eigenvalue weighted by atomic mass is 10.1. The molecule has 0 saturated heterocycles. The summed E-state index contributed by atoms with van der Waals surface area (Å²) >= 11 is 7.59. The number of benzene rings is 1. The summed E-state index contributed by atoms with van der Waals surface area (Å²) in [4.78, 5) is 29.9. The van der Waals surface area contributed by atoms with E-state index < -0.39 is 0 Å². The molecule has 1 aromatic carbocycles. The Bertz CT molecular complexity index is 976. The van der Waals surface area contributed by atoms with Crippen molar-refractivity contribution in [2.75, 3.05) is 11.4 Å². The third-order valence-corrected chi connectivity index (χ3v) is 6.51. The molecule has 2 aliphatic rings. The highest BCUT2D eigenvalue weighted by molar-refractivity contribution is 7.12. The Labute approximate surface area is 184 Å². The van der Waals surface area contributed by atoms with Gasteiger partial charge in [0.15, 0.2) is 0 Å². The van der Waals surface area contributed by atoms with Crippen molar-refractivity contribution in [3.05, 3.63) is 51.2 Å². The minimum atomic E-state index is -0.327. The first kappa shape index (κ1) is 20.7. The number of hydrazone groups is 1. The number of hydrogen-bond donors (Lipinski definition) is 2. The van der Waals surface area contributed by atoms with E-state index in [1.165, 1.54) is 11.3 Å². The summed E-state index contributed by atoms with van der Waals surface area (Å²) in [6.45, 7) is 3.17. The van der Waals surface area contributed by atoms with Gasteiger partial charge in [-0.25, -0.2) is 0 Å². The first-order chi connectivity index (χ1) is 14.6. The Kier molecular flexibility index (Phi) is 6.24. The summed E-state index contributed by atoms with van der Waals surface area (Å²) in [5.41, 5.74) is 4.84.